The average Bonchev–Trinajstić information content (AvgIpc) is 3.12. The molecule has 0 aromatic heterocycles. The first-order chi connectivity index (χ1) is 17.0. The predicted molar refractivity (Wildman–Crippen MR) is 129 cm³/mol. The van der Waals surface area contributed by atoms with E-state index in [9.17, 15) is 19.2 Å². The number of benzene rings is 2. The van der Waals surface area contributed by atoms with Crippen molar-refractivity contribution in [2.75, 3.05) is 53.0 Å². The molecule has 1 fully saturated rings. The molecule has 2 aromatic rings. The molecule has 9 nitrogen and oxygen atoms in total. The molecule has 0 saturated carbocycles. The number of hydrogen-bond donors (Lipinski definition) is 1. The minimum Gasteiger partial charge on any atom is -0.385 e. The normalized spacial score (nSPS) is 15.9. The van der Waals surface area contributed by atoms with Gasteiger partial charge in [0, 0.05) is 52.0 Å². The number of nitrogens with zero attached hydrogens (tertiary/aromatic N) is 3. The van der Waals surface area contributed by atoms with Gasteiger partial charge in [0.15, 0.2) is 0 Å². The molecule has 35 heavy (non-hydrogen) atoms. The van der Waals surface area contributed by atoms with Crippen LogP contribution in [0.15, 0.2) is 48.5 Å². The van der Waals surface area contributed by atoms with Crippen LogP contribution in [0.2, 0.25) is 0 Å². The number of carbonyl (C=O) groups is 4. The monoisotopic (exact) mass is 478 g/mol. The highest BCUT2D eigenvalue weighted by atomic mass is 16.5. The SMILES string of the molecule is COCCCNC(=O)CN1CCN(C(=O)c2ccc(CN3C(=O)c4ccccc4C3=O)cc2)CC1. The molecule has 0 unspecified atom stereocenters. The highest BCUT2D eigenvalue weighted by Crippen LogP contribution is 2.24. The quantitative estimate of drug-likeness (QED) is 0.432. The van der Waals surface area contributed by atoms with Crippen LogP contribution in [0.25, 0.3) is 0 Å². The van der Waals surface area contributed by atoms with E-state index in [-0.39, 0.29) is 30.2 Å². The summed E-state index contributed by atoms with van der Waals surface area (Å²) in [5.41, 5.74) is 2.18. The number of imide groups is 1. The van der Waals surface area contributed by atoms with Gasteiger partial charge in [0.25, 0.3) is 17.7 Å². The number of amides is 4. The Labute approximate surface area is 204 Å². The summed E-state index contributed by atoms with van der Waals surface area (Å²) in [6.07, 6.45) is 0.779. The highest BCUT2D eigenvalue weighted by molar-refractivity contribution is 6.21. The number of carbonyl (C=O) groups excluding carboxylic acids is 4. The van der Waals surface area contributed by atoms with Crippen LogP contribution in [0.3, 0.4) is 0 Å². The Hall–Kier alpha value is -3.56. The van der Waals surface area contributed by atoms with Gasteiger partial charge in [0.2, 0.25) is 5.91 Å². The van der Waals surface area contributed by atoms with E-state index in [1.165, 1.54) is 4.90 Å². The van der Waals surface area contributed by atoms with E-state index in [1.807, 2.05) is 4.90 Å². The maximum atomic E-state index is 12.9. The minimum atomic E-state index is -0.299. The molecular weight excluding hydrogens is 448 g/mol. The second kappa shape index (κ2) is 11.2. The summed E-state index contributed by atoms with van der Waals surface area (Å²) < 4.78 is 4.97. The van der Waals surface area contributed by atoms with Gasteiger partial charge < -0.3 is 15.0 Å². The topological polar surface area (TPSA) is 99.3 Å². The predicted octanol–water partition coefficient (Wildman–Crippen LogP) is 1.39. The van der Waals surface area contributed by atoms with Gasteiger partial charge in [-0.25, -0.2) is 0 Å². The molecule has 4 rings (SSSR count). The number of rotatable bonds is 9. The van der Waals surface area contributed by atoms with Crippen molar-refractivity contribution >= 4 is 23.6 Å². The van der Waals surface area contributed by atoms with Crippen LogP contribution in [0.5, 0.6) is 0 Å². The largest absolute Gasteiger partial charge is 0.385 e. The van der Waals surface area contributed by atoms with E-state index in [4.69, 9.17) is 4.74 Å². The maximum absolute atomic E-state index is 12.9. The zero-order chi connectivity index (χ0) is 24.8. The smallest absolute Gasteiger partial charge is 0.261 e. The number of ether oxygens (including phenoxy) is 1. The van der Waals surface area contributed by atoms with Gasteiger partial charge in [-0.05, 0) is 36.2 Å². The van der Waals surface area contributed by atoms with Gasteiger partial charge in [0.1, 0.15) is 0 Å². The second-order valence-electron chi connectivity index (χ2n) is 8.70. The van der Waals surface area contributed by atoms with Crippen molar-refractivity contribution in [3.8, 4) is 0 Å². The molecule has 0 bridgehead atoms. The van der Waals surface area contributed by atoms with Crippen LogP contribution in [-0.4, -0.2) is 91.3 Å². The van der Waals surface area contributed by atoms with Crippen molar-refractivity contribution < 1.29 is 23.9 Å². The molecule has 2 aliphatic heterocycles. The third-order valence-electron chi connectivity index (χ3n) is 6.29. The van der Waals surface area contributed by atoms with Crippen molar-refractivity contribution in [1.82, 2.24) is 20.0 Å². The maximum Gasteiger partial charge on any atom is 0.261 e. The van der Waals surface area contributed by atoms with E-state index >= 15 is 0 Å². The molecule has 9 heteroatoms. The Bertz CT molecular complexity index is 1060. The lowest BCUT2D eigenvalue weighted by Gasteiger charge is -2.34. The molecule has 0 spiro atoms. The van der Waals surface area contributed by atoms with Crippen LogP contribution in [-0.2, 0) is 16.1 Å². The lowest BCUT2D eigenvalue weighted by Crippen LogP contribution is -2.51. The molecule has 4 amide bonds. The fraction of sp³-hybridized carbons (Fsp3) is 0.385. The third-order valence-corrected chi connectivity index (χ3v) is 6.29. The Morgan fingerprint density at radius 3 is 2.14 bits per heavy atom. The number of fused-ring (bicyclic) bond motifs is 1. The fourth-order valence-corrected chi connectivity index (χ4v) is 4.31. The average molecular weight is 479 g/mol. The van der Waals surface area contributed by atoms with E-state index in [0.717, 1.165) is 12.0 Å². The molecule has 0 aliphatic carbocycles. The summed E-state index contributed by atoms with van der Waals surface area (Å²) in [4.78, 5) is 55.2. The first-order valence-electron chi connectivity index (χ1n) is 11.8. The first kappa shape index (κ1) is 24.6. The molecule has 2 aromatic carbocycles. The van der Waals surface area contributed by atoms with Crippen molar-refractivity contribution in [3.63, 3.8) is 0 Å². The molecule has 0 radical (unpaired) electrons. The summed E-state index contributed by atoms with van der Waals surface area (Å²) in [5, 5.41) is 2.88. The zero-order valence-corrected chi connectivity index (χ0v) is 19.9. The third kappa shape index (κ3) is 5.75. The first-order valence-corrected chi connectivity index (χ1v) is 11.8. The van der Waals surface area contributed by atoms with E-state index in [2.05, 4.69) is 5.32 Å². The van der Waals surface area contributed by atoms with Crippen molar-refractivity contribution in [3.05, 3.63) is 70.8 Å². The zero-order valence-electron chi connectivity index (χ0n) is 19.9. The number of hydrogen-bond acceptors (Lipinski definition) is 6. The molecular formula is C26H30N4O5. The van der Waals surface area contributed by atoms with Crippen LogP contribution in [0.4, 0.5) is 0 Å². The summed E-state index contributed by atoms with van der Waals surface area (Å²) in [6.45, 7) is 4.05. The standard InChI is InChI=1S/C26H30N4O5/c1-35-16-4-11-27-23(31)18-28-12-14-29(15-13-28)24(32)20-9-7-19(8-10-20)17-30-25(33)21-5-2-3-6-22(21)26(30)34/h2-3,5-10H,4,11-18H2,1H3,(H,27,31). The van der Waals surface area contributed by atoms with E-state index in [0.29, 0.717) is 62.6 Å². The molecule has 1 saturated heterocycles. The molecule has 1 N–H and O–H groups in total. The molecule has 0 atom stereocenters. The van der Waals surface area contributed by atoms with E-state index in [1.54, 1.807) is 60.5 Å². The Morgan fingerprint density at radius 2 is 1.54 bits per heavy atom. The lowest BCUT2D eigenvalue weighted by atomic mass is 10.1. The minimum absolute atomic E-state index is 0.0190. The summed E-state index contributed by atoms with van der Waals surface area (Å²) in [5.74, 6) is -0.685. The number of methoxy groups -OCH3 is 1. The van der Waals surface area contributed by atoms with Gasteiger partial charge in [-0.1, -0.05) is 24.3 Å². The van der Waals surface area contributed by atoms with Gasteiger partial charge in [0.05, 0.1) is 24.2 Å². The number of piperazine rings is 1. The van der Waals surface area contributed by atoms with Crippen LogP contribution < -0.4 is 5.32 Å². The number of nitrogens with one attached hydrogen (secondary N) is 1. The van der Waals surface area contributed by atoms with Crippen molar-refractivity contribution in [2.24, 2.45) is 0 Å². The summed E-state index contributed by atoms with van der Waals surface area (Å²) >= 11 is 0. The van der Waals surface area contributed by atoms with E-state index < -0.39 is 0 Å². The van der Waals surface area contributed by atoms with Gasteiger partial charge in [-0.15, -0.1) is 0 Å². The Kier molecular flexibility index (Phi) is 7.89. The fourth-order valence-electron chi connectivity index (χ4n) is 4.31. The van der Waals surface area contributed by atoms with Crippen LogP contribution in [0.1, 0.15) is 43.1 Å². The van der Waals surface area contributed by atoms with Crippen molar-refractivity contribution in [1.29, 1.82) is 0 Å². The van der Waals surface area contributed by atoms with Gasteiger partial charge in [-0.2, -0.15) is 0 Å². The van der Waals surface area contributed by atoms with Crippen LogP contribution >= 0.6 is 0 Å². The summed E-state index contributed by atoms with van der Waals surface area (Å²) in [6, 6.07) is 13.8. The summed E-state index contributed by atoms with van der Waals surface area (Å²) in [7, 11) is 1.63. The van der Waals surface area contributed by atoms with Gasteiger partial charge in [-0.3, -0.25) is 29.0 Å². The Balaban J connectivity index is 1.26. The van der Waals surface area contributed by atoms with Gasteiger partial charge >= 0.3 is 0 Å². The highest BCUT2D eigenvalue weighted by Gasteiger charge is 2.35. The van der Waals surface area contributed by atoms with Crippen LogP contribution in [0, 0.1) is 0 Å². The van der Waals surface area contributed by atoms with Crippen molar-refractivity contribution in [2.45, 2.75) is 13.0 Å². The lowest BCUT2D eigenvalue weighted by molar-refractivity contribution is -0.122. The molecule has 2 heterocycles. The Morgan fingerprint density at radius 1 is 0.914 bits per heavy atom. The molecule has 2 aliphatic rings. The molecule has 184 valence electrons. The second-order valence-corrected chi connectivity index (χ2v) is 8.70.